The summed E-state index contributed by atoms with van der Waals surface area (Å²) < 4.78 is 73.0. The van der Waals surface area contributed by atoms with E-state index in [1.54, 1.807) is 30.5 Å². The van der Waals surface area contributed by atoms with Crippen molar-refractivity contribution in [3.05, 3.63) is 113 Å². The van der Waals surface area contributed by atoms with Gasteiger partial charge < -0.3 is 4.74 Å². The Labute approximate surface area is 216 Å². The molecule has 0 radical (unpaired) electrons. The third-order valence-electron chi connectivity index (χ3n) is 5.36. The SMILES string of the molecule is O=C(Oc1c(F)c(F)c(F)c(F)c1F)c1ccccc1Sc1ccc2c(C=Cc3ccccn3)n[nH]c2c1. The molecule has 3 aromatic carbocycles. The minimum atomic E-state index is -2.35. The molecule has 0 atom stereocenters. The van der Waals surface area contributed by atoms with Gasteiger partial charge in [-0.15, -0.1) is 0 Å². The van der Waals surface area contributed by atoms with E-state index in [1.807, 2.05) is 36.4 Å². The number of hydrogen-bond acceptors (Lipinski definition) is 5. The fourth-order valence-electron chi connectivity index (χ4n) is 3.52. The van der Waals surface area contributed by atoms with E-state index in [-0.39, 0.29) is 5.56 Å². The summed E-state index contributed by atoms with van der Waals surface area (Å²) in [6.07, 6.45) is 5.33. The third kappa shape index (κ3) is 4.88. The standard InChI is InChI=1S/C27H14F5N3O2S/c28-21-22(29)24(31)26(25(32)23(21)30)37-27(36)17-6-1-2-7-20(17)38-15-9-10-16-18(34-35-19(16)13-15)11-8-14-5-3-4-12-33-14/h1-13H,(H,34,35). The van der Waals surface area contributed by atoms with E-state index in [0.29, 0.717) is 21.0 Å². The number of nitrogens with zero attached hydrogens (tertiary/aromatic N) is 2. The summed E-state index contributed by atoms with van der Waals surface area (Å²) in [5, 5.41) is 8.08. The summed E-state index contributed by atoms with van der Waals surface area (Å²) in [4.78, 5) is 17.9. The predicted octanol–water partition coefficient (Wildman–Crippen LogP) is 7.19. The molecule has 2 aromatic heterocycles. The minimum Gasteiger partial charge on any atom is -0.416 e. The number of esters is 1. The summed E-state index contributed by atoms with van der Waals surface area (Å²) in [6.45, 7) is 0. The van der Waals surface area contributed by atoms with Crippen LogP contribution in [-0.2, 0) is 0 Å². The first-order valence-electron chi connectivity index (χ1n) is 10.9. The highest BCUT2D eigenvalue weighted by Crippen LogP contribution is 2.35. The molecule has 0 aliphatic carbocycles. The number of carbonyl (C=O) groups is 1. The first kappa shape index (κ1) is 25.2. The number of aromatic amines is 1. The van der Waals surface area contributed by atoms with Crippen LogP contribution in [0.25, 0.3) is 23.1 Å². The number of nitrogens with one attached hydrogen (secondary N) is 1. The van der Waals surface area contributed by atoms with Crippen molar-refractivity contribution in [3.8, 4) is 5.75 Å². The van der Waals surface area contributed by atoms with Crippen molar-refractivity contribution in [2.24, 2.45) is 0 Å². The van der Waals surface area contributed by atoms with Gasteiger partial charge in [-0.2, -0.15) is 13.9 Å². The maximum Gasteiger partial charge on any atom is 0.344 e. The zero-order valence-corrected chi connectivity index (χ0v) is 19.8. The van der Waals surface area contributed by atoms with E-state index in [9.17, 15) is 26.7 Å². The van der Waals surface area contributed by atoms with E-state index in [0.717, 1.165) is 22.8 Å². The lowest BCUT2D eigenvalue weighted by atomic mass is 10.2. The Morgan fingerprint density at radius 2 is 1.55 bits per heavy atom. The van der Waals surface area contributed by atoms with Gasteiger partial charge in [0.2, 0.25) is 34.8 Å². The summed E-state index contributed by atoms with van der Waals surface area (Å²) in [5.74, 6) is -14.2. The predicted molar refractivity (Wildman–Crippen MR) is 131 cm³/mol. The molecule has 0 bridgehead atoms. The van der Waals surface area contributed by atoms with Gasteiger partial charge in [-0.1, -0.05) is 30.0 Å². The molecule has 5 aromatic rings. The quantitative estimate of drug-likeness (QED) is 0.0813. The maximum atomic E-state index is 14.0. The molecule has 5 nitrogen and oxygen atoms in total. The summed E-state index contributed by atoms with van der Waals surface area (Å²) >= 11 is 1.13. The number of halogens is 5. The van der Waals surface area contributed by atoms with E-state index < -0.39 is 40.8 Å². The van der Waals surface area contributed by atoms with Crippen LogP contribution in [-0.4, -0.2) is 21.2 Å². The van der Waals surface area contributed by atoms with Crippen LogP contribution in [0.3, 0.4) is 0 Å². The third-order valence-corrected chi connectivity index (χ3v) is 6.43. The van der Waals surface area contributed by atoms with Crippen molar-refractivity contribution in [2.45, 2.75) is 9.79 Å². The lowest BCUT2D eigenvalue weighted by Gasteiger charge is -2.11. The number of benzene rings is 3. The second-order valence-corrected chi connectivity index (χ2v) is 8.91. The topological polar surface area (TPSA) is 67.9 Å². The molecule has 11 heteroatoms. The summed E-state index contributed by atoms with van der Waals surface area (Å²) in [6, 6.07) is 16.9. The fourth-order valence-corrected chi connectivity index (χ4v) is 4.50. The minimum absolute atomic E-state index is 0.134. The van der Waals surface area contributed by atoms with Crippen LogP contribution in [0.2, 0.25) is 0 Å². The zero-order valence-electron chi connectivity index (χ0n) is 19.0. The molecule has 1 N–H and O–H groups in total. The molecule has 190 valence electrons. The average Bonchev–Trinajstić information content (AvgIpc) is 3.35. The van der Waals surface area contributed by atoms with Gasteiger partial charge in [0.15, 0.2) is 0 Å². The first-order chi connectivity index (χ1) is 18.3. The van der Waals surface area contributed by atoms with E-state index in [1.165, 1.54) is 12.1 Å². The van der Waals surface area contributed by atoms with Crippen LogP contribution in [0.1, 0.15) is 21.7 Å². The van der Waals surface area contributed by atoms with Crippen molar-refractivity contribution < 1.29 is 31.5 Å². The molecule has 0 aliphatic heterocycles. The molecule has 38 heavy (non-hydrogen) atoms. The molecule has 0 spiro atoms. The van der Waals surface area contributed by atoms with Gasteiger partial charge in [0.1, 0.15) is 0 Å². The number of hydrogen-bond donors (Lipinski definition) is 1. The summed E-state index contributed by atoms with van der Waals surface area (Å²) in [7, 11) is 0. The van der Waals surface area contributed by atoms with E-state index >= 15 is 0 Å². The monoisotopic (exact) mass is 539 g/mol. The van der Waals surface area contributed by atoms with Crippen molar-refractivity contribution in [1.29, 1.82) is 0 Å². The Balaban J connectivity index is 1.39. The zero-order chi connectivity index (χ0) is 26.8. The molecule has 0 amide bonds. The molecule has 5 rings (SSSR count). The molecule has 0 fully saturated rings. The van der Waals surface area contributed by atoms with Crippen molar-refractivity contribution in [3.63, 3.8) is 0 Å². The number of fused-ring (bicyclic) bond motifs is 1. The average molecular weight is 539 g/mol. The van der Waals surface area contributed by atoms with Gasteiger partial charge >= 0.3 is 5.97 Å². The smallest absolute Gasteiger partial charge is 0.344 e. The van der Waals surface area contributed by atoms with Gasteiger partial charge in [0.05, 0.1) is 22.5 Å². The lowest BCUT2D eigenvalue weighted by Crippen LogP contribution is -2.14. The summed E-state index contributed by atoms with van der Waals surface area (Å²) in [5.41, 5.74) is 2.03. The van der Waals surface area contributed by atoms with Crippen LogP contribution in [0.4, 0.5) is 22.0 Å². The van der Waals surface area contributed by atoms with Crippen molar-refractivity contribution in [2.75, 3.05) is 0 Å². The Morgan fingerprint density at radius 3 is 2.29 bits per heavy atom. The number of carbonyl (C=O) groups excluding carboxylic acids is 1. The molecule has 0 unspecified atom stereocenters. The molecular weight excluding hydrogens is 525 g/mol. The Kier molecular flexibility index (Phi) is 6.93. The Bertz CT molecular complexity index is 1680. The molecule has 2 heterocycles. The molecule has 0 aliphatic rings. The fraction of sp³-hybridized carbons (Fsp3) is 0. The second-order valence-electron chi connectivity index (χ2n) is 7.79. The van der Waals surface area contributed by atoms with Crippen molar-refractivity contribution in [1.82, 2.24) is 15.2 Å². The normalized spacial score (nSPS) is 11.4. The molecule has 0 saturated carbocycles. The van der Waals surface area contributed by atoms with Gasteiger partial charge in [-0.05, 0) is 54.6 Å². The highest BCUT2D eigenvalue weighted by atomic mass is 32.2. The maximum absolute atomic E-state index is 14.0. The Hall–Kier alpha value is -4.51. The highest BCUT2D eigenvalue weighted by molar-refractivity contribution is 7.99. The number of H-pyrrole nitrogens is 1. The number of aromatic nitrogens is 3. The number of pyridine rings is 1. The van der Waals surface area contributed by atoms with Crippen LogP contribution < -0.4 is 4.74 Å². The largest absolute Gasteiger partial charge is 0.416 e. The lowest BCUT2D eigenvalue weighted by molar-refractivity contribution is 0.0712. The number of ether oxygens (including phenoxy) is 1. The Morgan fingerprint density at radius 1 is 0.842 bits per heavy atom. The molecular formula is C27H14F5N3O2S. The van der Waals surface area contributed by atoms with Gasteiger partial charge in [-0.25, -0.2) is 18.0 Å². The second kappa shape index (κ2) is 10.5. The van der Waals surface area contributed by atoms with Gasteiger partial charge in [0, 0.05) is 21.4 Å². The van der Waals surface area contributed by atoms with Crippen LogP contribution >= 0.6 is 11.8 Å². The van der Waals surface area contributed by atoms with Crippen LogP contribution in [0.5, 0.6) is 5.75 Å². The first-order valence-corrected chi connectivity index (χ1v) is 11.7. The molecule has 0 saturated heterocycles. The van der Waals surface area contributed by atoms with Gasteiger partial charge in [0.25, 0.3) is 0 Å². The van der Waals surface area contributed by atoms with Crippen LogP contribution in [0.15, 0.2) is 76.7 Å². The highest BCUT2D eigenvalue weighted by Gasteiger charge is 2.29. The van der Waals surface area contributed by atoms with Crippen molar-refractivity contribution >= 4 is 40.8 Å². The van der Waals surface area contributed by atoms with Gasteiger partial charge in [-0.3, -0.25) is 10.1 Å². The number of rotatable bonds is 6. The van der Waals surface area contributed by atoms with E-state index in [2.05, 4.69) is 19.9 Å². The van der Waals surface area contributed by atoms with E-state index in [4.69, 9.17) is 0 Å². The van der Waals surface area contributed by atoms with Crippen LogP contribution in [0, 0.1) is 29.1 Å².